The number of benzene rings is 3. The van der Waals surface area contributed by atoms with Crippen molar-refractivity contribution in [3.05, 3.63) is 78.6 Å². The number of aromatic nitrogens is 3. The van der Waals surface area contributed by atoms with Crippen LogP contribution in [0.15, 0.2) is 72.8 Å². The number of nitrogens with one attached hydrogen (secondary N) is 2. The molecule has 4 rings (SSSR count). The summed E-state index contributed by atoms with van der Waals surface area (Å²) < 4.78 is 31.7. The second kappa shape index (κ2) is 11.1. The maximum Gasteiger partial charge on any atom is 0.336 e. The minimum atomic E-state index is -0.447. The molecule has 35 heavy (non-hydrogen) atoms. The maximum atomic E-state index is 14.6. The van der Waals surface area contributed by atoms with Gasteiger partial charge in [0, 0.05) is 18.5 Å². The molecule has 0 atom stereocenters. The van der Waals surface area contributed by atoms with Crippen LogP contribution in [-0.4, -0.2) is 48.2 Å². The van der Waals surface area contributed by atoms with Gasteiger partial charge in [0.15, 0.2) is 5.82 Å². The molecule has 3 aromatic carbocycles. The molecule has 0 aliphatic carbocycles. The van der Waals surface area contributed by atoms with Crippen molar-refractivity contribution in [3.63, 3.8) is 0 Å². The molecule has 0 fully saturated rings. The zero-order valence-corrected chi connectivity index (χ0v) is 19.2. The Labute approximate surface area is 201 Å². The van der Waals surface area contributed by atoms with Crippen molar-refractivity contribution < 1.29 is 23.4 Å². The van der Waals surface area contributed by atoms with E-state index in [2.05, 4.69) is 20.7 Å². The van der Waals surface area contributed by atoms with E-state index in [1.165, 1.54) is 10.7 Å². The van der Waals surface area contributed by atoms with Gasteiger partial charge in [-0.2, -0.15) is 4.98 Å². The number of ether oxygens (including phenoxy) is 3. The molecule has 180 valence electrons. The highest BCUT2D eigenvalue weighted by Crippen LogP contribution is 2.27. The fourth-order valence-electron chi connectivity index (χ4n) is 3.25. The lowest BCUT2D eigenvalue weighted by atomic mass is 10.2. The molecule has 0 bridgehead atoms. The van der Waals surface area contributed by atoms with E-state index in [1.54, 1.807) is 80.9 Å². The van der Waals surface area contributed by atoms with Crippen molar-refractivity contribution in [3.8, 4) is 28.8 Å². The van der Waals surface area contributed by atoms with Crippen molar-refractivity contribution in [2.45, 2.75) is 0 Å². The fraction of sp³-hybridized carbons (Fsp3) is 0.160. The predicted molar refractivity (Wildman–Crippen MR) is 130 cm³/mol. The second-order valence-corrected chi connectivity index (χ2v) is 7.31. The highest BCUT2D eigenvalue weighted by molar-refractivity contribution is 5.99. The Morgan fingerprint density at radius 2 is 1.71 bits per heavy atom. The van der Waals surface area contributed by atoms with Crippen LogP contribution in [-0.2, 0) is 4.74 Å². The van der Waals surface area contributed by atoms with Crippen molar-refractivity contribution in [2.75, 3.05) is 38.1 Å². The van der Waals surface area contributed by atoms with Crippen molar-refractivity contribution in [1.29, 1.82) is 0 Å². The third-order valence-corrected chi connectivity index (χ3v) is 4.92. The van der Waals surface area contributed by atoms with E-state index >= 15 is 0 Å². The van der Waals surface area contributed by atoms with E-state index < -0.39 is 11.8 Å². The average Bonchev–Trinajstić information content (AvgIpc) is 3.29. The normalized spacial score (nSPS) is 10.6. The van der Waals surface area contributed by atoms with Gasteiger partial charge in [-0.25, -0.2) is 13.9 Å². The number of hydrogen-bond donors (Lipinski definition) is 2. The Hall–Kier alpha value is -4.44. The van der Waals surface area contributed by atoms with Crippen LogP contribution in [0.3, 0.4) is 0 Å². The van der Waals surface area contributed by atoms with E-state index in [9.17, 15) is 9.18 Å². The van der Waals surface area contributed by atoms with E-state index in [0.29, 0.717) is 29.4 Å². The molecule has 10 heteroatoms. The van der Waals surface area contributed by atoms with Gasteiger partial charge in [0.25, 0.3) is 0 Å². The first-order chi connectivity index (χ1) is 17.1. The van der Waals surface area contributed by atoms with Crippen molar-refractivity contribution >= 4 is 17.4 Å². The van der Waals surface area contributed by atoms with Crippen LogP contribution in [0, 0.1) is 5.82 Å². The number of rotatable bonds is 9. The highest BCUT2D eigenvalue weighted by Gasteiger charge is 2.18. The molecule has 1 aromatic heterocycles. The monoisotopic (exact) mass is 477 g/mol. The van der Waals surface area contributed by atoms with Crippen LogP contribution in [0.1, 0.15) is 0 Å². The van der Waals surface area contributed by atoms with Crippen LogP contribution in [0.4, 0.5) is 20.6 Å². The van der Waals surface area contributed by atoms with Gasteiger partial charge in [0.05, 0.1) is 25.0 Å². The lowest BCUT2D eigenvalue weighted by Crippen LogP contribution is -2.19. The summed E-state index contributed by atoms with van der Waals surface area (Å²) in [7, 11) is 3.13. The first-order valence-electron chi connectivity index (χ1n) is 10.7. The van der Waals surface area contributed by atoms with E-state index in [1.807, 2.05) is 0 Å². The van der Waals surface area contributed by atoms with Gasteiger partial charge in [-0.05, 0) is 54.6 Å². The number of anilines is 2. The minimum absolute atomic E-state index is 0.0796. The predicted octanol–water partition coefficient (Wildman–Crippen LogP) is 4.75. The summed E-state index contributed by atoms with van der Waals surface area (Å²) in [4.78, 5) is 16.9. The van der Waals surface area contributed by atoms with E-state index in [4.69, 9.17) is 14.2 Å². The first kappa shape index (κ1) is 23.7. The van der Waals surface area contributed by atoms with Crippen LogP contribution < -0.4 is 20.1 Å². The topological polar surface area (TPSA) is 99.5 Å². The number of nitrogens with zero attached hydrogens (tertiary/aromatic N) is 3. The Bertz CT molecular complexity index is 1290. The molecule has 0 radical (unpaired) electrons. The SMILES string of the molecule is COCCOc1nc(-c2ccccc2F)n(-c2cccc(NC(=O)Nc3ccc(OC)cc3)c2)n1. The summed E-state index contributed by atoms with van der Waals surface area (Å²) in [6.45, 7) is 0.594. The largest absolute Gasteiger partial charge is 0.497 e. The third-order valence-electron chi connectivity index (χ3n) is 4.92. The molecule has 2 amide bonds. The zero-order chi connectivity index (χ0) is 24.6. The molecular formula is C25H24FN5O4. The maximum absolute atomic E-state index is 14.6. The van der Waals surface area contributed by atoms with Gasteiger partial charge in [-0.15, -0.1) is 5.10 Å². The molecule has 0 saturated heterocycles. The van der Waals surface area contributed by atoms with E-state index in [0.717, 1.165) is 0 Å². The summed E-state index contributed by atoms with van der Waals surface area (Å²) in [6, 6.07) is 19.8. The molecule has 9 nitrogen and oxygen atoms in total. The van der Waals surface area contributed by atoms with Crippen molar-refractivity contribution in [2.24, 2.45) is 0 Å². The molecule has 1 heterocycles. The summed E-state index contributed by atoms with van der Waals surface area (Å²) >= 11 is 0. The molecule has 0 unspecified atom stereocenters. The number of halogens is 1. The third kappa shape index (κ3) is 5.92. The minimum Gasteiger partial charge on any atom is -0.497 e. The highest BCUT2D eigenvalue weighted by atomic mass is 19.1. The van der Waals surface area contributed by atoms with Gasteiger partial charge >= 0.3 is 12.0 Å². The van der Waals surface area contributed by atoms with Gasteiger partial charge in [0.1, 0.15) is 18.2 Å². The average molecular weight is 477 g/mol. The number of carbonyl (C=O) groups is 1. The van der Waals surface area contributed by atoms with Gasteiger partial charge in [-0.3, -0.25) is 0 Å². The molecule has 0 saturated carbocycles. The number of carbonyl (C=O) groups excluding carboxylic acids is 1. The van der Waals surface area contributed by atoms with Gasteiger partial charge in [-0.1, -0.05) is 18.2 Å². The molecule has 4 aromatic rings. The second-order valence-electron chi connectivity index (χ2n) is 7.31. The molecule has 2 N–H and O–H groups in total. The van der Waals surface area contributed by atoms with Gasteiger partial charge < -0.3 is 24.8 Å². The molecule has 0 aliphatic heterocycles. The summed E-state index contributed by atoms with van der Waals surface area (Å²) in [5, 5.41) is 9.94. The fourth-order valence-corrected chi connectivity index (χ4v) is 3.25. The van der Waals surface area contributed by atoms with Crippen molar-refractivity contribution in [1.82, 2.24) is 14.8 Å². The molecular weight excluding hydrogens is 453 g/mol. The van der Waals surface area contributed by atoms with E-state index in [-0.39, 0.29) is 24.0 Å². The Morgan fingerprint density at radius 1 is 0.943 bits per heavy atom. The summed E-state index contributed by atoms with van der Waals surface area (Å²) in [5.74, 6) is 0.501. The zero-order valence-electron chi connectivity index (χ0n) is 19.2. The van der Waals surface area contributed by atoms with Crippen LogP contribution >= 0.6 is 0 Å². The Balaban J connectivity index is 1.58. The standard InChI is InChI=1S/C25H24FN5O4/c1-33-14-15-35-25-29-23(21-8-3-4-9-22(21)26)31(30-25)19-7-5-6-18(16-19)28-24(32)27-17-10-12-20(34-2)13-11-17/h3-13,16H,14-15H2,1-2H3,(H2,27,28,32). The lowest BCUT2D eigenvalue weighted by Gasteiger charge is -2.11. The smallest absolute Gasteiger partial charge is 0.336 e. The number of amides is 2. The molecule has 0 aliphatic rings. The molecule has 0 spiro atoms. The lowest BCUT2D eigenvalue weighted by molar-refractivity contribution is 0.141. The first-order valence-corrected chi connectivity index (χ1v) is 10.7. The Kier molecular flexibility index (Phi) is 7.53. The number of methoxy groups -OCH3 is 2. The number of hydrogen-bond acceptors (Lipinski definition) is 6. The number of urea groups is 1. The quantitative estimate of drug-likeness (QED) is 0.338. The summed E-state index contributed by atoms with van der Waals surface area (Å²) in [5.41, 5.74) is 1.93. The Morgan fingerprint density at radius 3 is 2.46 bits per heavy atom. The van der Waals surface area contributed by atoms with Gasteiger partial charge in [0.2, 0.25) is 0 Å². The van der Waals surface area contributed by atoms with Crippen LogP contribution in [0.25, 0.3) is 17.1 Å². The summed E-state index contributed by atoms with van der Waals surface area (Å²) in [6.07, 6.45) is 0. The van der Waals surface area contributed by atoms with Crippen LogP contribution in [0.2, 0.25) is 0 Å². The van der Waals surface area contributed by atoms with Crippen LogP contribution in [0.5, 0.6) is 11.8 Å².